The van der Waals surface area contributed by atoms with Gasteiger partial charge >= 0.3 is 0 Å². The lowest BCUT2D eigenvalue weighted by Crippen LogP contribution is -2.32. The second-order valence-corrected chi connectivity index (χ2v) is 6.20. The predicted molar refractivity (Wildman–Crippen MR) is 64.8 cm³/mol. The first-order chi connectivity index (χ1) is 8.29. The van der Waals surface area contributed by atoms with E-state index in [9.17, 15) is 18.3 Å². The molecule has 1 saturated heterocycles. The van der Waals surface area contributed by atoms with Crippen molar-refractivity contribution in [3.8, 4) is 5.75 Å². The number of nitrogens with zero attached hydrogens (tertiary/aromatic N) is 2. The van der Waals surface area contributed by atoms with Crippen LogP contribution in [0.15, 0.2) is 12.3 Å². The maximum atomic E-state index is 11.7. The van der Waals surface area contributed by atoms with Crippen LogP contribution >= 0.6 is 11.6 Å². The number of rotatable bonds is 2. The highest BCUT2D eigenvalue weighted by atomic mass is 35.5. The van der Waals surface area contributed by atoms with Crippen LogP contribution in [0.2, 0.25) is 5.02 Å². The average Bonchev–Trinajstić information content (AvgIpc) is 2.60. The van der Waals surface area contributed by atoms with Crippen LogP contribution in [0.25, 0.3) is 0 Å². The monoisotopic (exact) mass is 291 g/mol. The summed E-state index contributed by atoms with van der Waals surface area (Å²) in [6.45, 7) is -0.125. The summed E-state index contributed by atoms with van der Waals surface area (Å²) in [4.78, 5) is 16.6. The van der Waals surface area contributed by atoms with Gasteiger partial charge in [-0.05, 0) is 0 Å². The highest BCUT2D eigenvalue weighted by molar-refractivity contribution is 7.89. The zero-order valence-electron chi connectivity index (χ0n) is 9.08. The van der Waals surface area contributed by atoms with E-state index in [1.807, 2.05) is 0 Å². The molecule has 2 heterocycles. The summed E-state index contributed by atoms with van der Waals surface area (Å²) in [5.41, 5.74) is 0. The highest BCUT2D eigenvalue weighted by Gasteiger charge is 2.38. The molecule has 1 amide bonds. The Hall–Kier alpha value is -1.38. The molecule has 9 heteroatoms. The van der Waals surface area contributed by atoms with Gasteiger partial charge in [0.25, 0.3) is 0 Å². The number of aromatic hydroxyl groups is 1. The number of nitrogens with two attached hydrogens (primary N) is 1. The van der Waals surface area contributed by atoms with E-state index in [-0.39, 0.29) is 29.6 Å². The van der Waals surface area contributed by atoms with Gasteiger partial charge in [0.1, 0.15) is 5.25 Å². The van der Waals surface area contributed by atoms with Crippen molar-refractivity contribution in [2.75, 3.05) is 11.4 Å². The number of pyridine rings is 1. The van der Waals surface area contributed by atoms with Crippen LogP contribution < -0.4 is 10.0 Å². The van der Waals surface area contributed by atoms with E-state index in [1.165, 1.54) is 12.3 Å². The number of anilines is 1. The van der Waals surface area contributed by atoms with E-state index in [4.69, 9.17) is 16.7 Å². The zero-order valence-corrected chi connectivity index (χ0v) is 10.6. The minimum absolute atomic E-state index is 0.0180. The molecule has 0 aliphatic carbocycles. The van der Waals surface area contributed by atoms with Gasteiger partial charge in [-0.1, -0.05) is 11.6 Å². The Kier molecular flexibility index (Phi) is 3.18. The number of aromatic nitrogens is 1. The predicted octanol–water partition coefficient (Wildman–Crippen LogP) is -0.166. The van der Waals surface area contributed by atoms with E-state index in [0.29, 0.717) is 0 Å². The van der Waals surface area contributed by atoms with Crippen LogP contribution in [0.3, 0.4) is 0 Å². The third kappa shape index (κ3) is 2.40. The molecule has 0 radical (unpaired) electrons. The fourth-order valence-corrected chi connectivity index (χ4v) is 2.61. The first-order valence-electron chi connectivity index (χ1n) is 4.95. The maximum Gasteiger partial charge on any atom is 0.229 e. The molecule has 1 atom stereocenters. The van der Waals surface area contributed by atoms with Crippen molar-refractivity contribution in [3.63, 3.8) is 0 Å². The van der Waals surface area contributed by atoms with Crippen molar-refractivity contribution in [3.05, 3.63) is 17.3 Å². The Bertz CT molecular complexity index is 604. The highest BCUT2D eigenvalue weighted by Crippen LogP contribution is 2.31. The normalized spacial score (nSPS) is 20.4. The van der Waals surface area contributed by atoms with Gasteiger partial charge in [-0.2, -0.15) is 0 Å². The van der Waals surface area contributed by atoms with Crippen molar-refractivity contribution >= 4 is 33.3 Å². The molecule has 1 aromatic heterocycles. The molecular weight excluding hydrogens is 282 g/mol. The smallest absolute Gasteiger partial charge is 0.229 e. The Morgan fingerprint density at radius 3 is 2.72 bits per heavy atom. The van der Waals surface area contributed by atoms with Gasteiger partial charge in [0.05, 0.1) is 5.02 Å². The molecule has 1 aliphatic rings. The maximum absolute atomic E-state index is 11.7. The second-order valence-electron chi connectivity index (χ2n) is 3.92. The van der Waals surface area contributed by atoms with Gasteiger partial charge in [-0.3, -0.25) is 9.69 Å². The molecule has 1 aliphatic heterocycles. The van der Waals surface area contributed by atoms with Gasteiger partial charge < -0.3 is 5.11 Å². The first-order valence-corrected chi connectivity index (χ1v) is 6.94. The van der Waals surface area contributed by atoms with Crippen molar-refractivity contribution in [1.29, 1.82) is 0 Å². The number of halogens is 1. The van der Waals surface area contributed by atoms with Crippen LogP contribution in [0.5, 0.6) is 5.75 Å². The molecular formula is C9H10ClN3O4S. The van der Waals surface area contributed by atoms with Gasteiger partial charge in [-0.25, -0.2) is 18.5 Å². The second kappa shape index (κ2) is 4.38. The third-order valence-electron chi connectivity index (χ3n) is 2.62. The summed E-state index contributed by atoms with van der Waals surface area (Å²) >= 11 is 5.62. The van der Waals surface area contributed by atoms with Crippen LogP contribution in [-0.2, 0) is 14.8 Å². The van der Waals surface area contributed by atoms with Gasteiger partial charge in [0.15, 0.2) is 11.6 Å². The van der Waals surface area contributed by atoms with Crippen molar-refractivity contribution in [2.24, 2.45) is 5.14 Å². The minimum atomic E-state index is -3.80. The standard InChI is InChI=1S/C9H10ClN3O4S/c10-5-1-7(14)9(12-3-5)13-4-6(2-8(13)15)18(11,16)17/h1,3,6,14H,2,4H2,(H2,11,16,17). The largest absolute Gasteiger partial charge is 0.504 e. The van der Waals surface area contributed by atoms with E-state index in [0.717, 1.165) is 4.90 Å². The lowest BCUT2D eigenvalue weighted by Gasteiger charge is -2.16. The van der Waals surface area contributed by atoms with Crippen LogP contribution in [0.4, 0.5) is 5.82 Å². The minimum Gasteiger partial charge on any atom is -0.504 e. The van der Waals surface area contributed by atoms with Crippen molar-refractivity contribution in [2.45, 2.75) is 11.7 Å². The average molecular weight is 292 g/mol. The van der Waals surface area contributed by atoms with E-state index >= 15 is 0 Å². The van der Waals surface area contributed by atoms with E-state index in [1.54, 1.807) is 0 Å². The molecule has 0 saturated carbocycles. The number of hydrogen-bond donors (Lipinski definition) is 2. The van der Waals surface area contributed by atoms with Crippen LogP contribution in [0, 0.1) is 0 Å². The third-order valence-corrected chi connectivity index (χ3v) is 4.08. The number of carbonyl (C=O) groups excluding carboxylic acids is 1. The van der Waals surface area contributed by atoms with Crippen LogP contribution in [-0.4, -0.2) is 36.2 Å². The van der Waals surface area contributed by atoms with Gasteiger partial charge in [0, 0.05) is 25.2 Å². The lowest BCUT2D eigenvalue weighted by molar-refractivity contribution is -0.117. The molecule has 0 bridgehead atoms. The molecule has 7 nitrogen and oxygen atoms in total. The number of carbonyl (C=O) groups is 1. The molecule has 3 N–H and O–H groups in total. The van der Waals surface area contributed by atoms with Gasteiger partial charge in [-0.15, -0.1) is 0 Å². The topological polar surface area (TPSA) is 114 Å². The SMILES string of the molecule is NS(=O)(=O)C1CC(=O)N(c2ncc(Cl)cc2O)C1. The quantitative estimate of drug-likeness (QED) is 0.785. The Balaban J connectivity index is 2.33. The van der Waals surface area contributed by atoms with Crippen molar-refractivity contribution < 1.29 is 18.3 Å². The summed E-state index contributed by atoms with van der Waals surface area (Å²) in [5.74, 6) is -0.763. The fraction of sp³-hybridized carbons (Fsp3) is 0.333. The van der Waals surface area contributed by atoms with E-state index in [2.05, 4.69) is 4.98 Å². The first kappa shape index (κ1) is 13.1. The van der Waals surface area contributed by atoms with Crippen LogP contribution in [0.1, 0.15) is 6.42 Å². The Morgan fingerprint density at radius 2 is 2.22 bits per heavy atom. The molecule has 0 spiro atoms. The zero-order chi connectivity index (χ0) is 13.5. The molecule has 1 aromatic rings. The van der Waals surface area contributed by atoms with Crippen molar-refractivity contribution in [1.82, 2.24) is 4.98 Å². The number of sulfonamides is 1. The number of primary sulfonamides is 1. The summed E-state index contributed by atoms with van der Waals surface area (Å²) in [6, 6.07) is 1.22. The Morgan fingerprint density at radius 1 is 1.56 bits per heavy atom. The molecule has 0 aromatic carbocycles. The lowest BCUT2D eigenvalue weighted by atomic mass is 10.4. The van der Waals surface area contributed by atoms with Gasteiger partial charge in [0.2, 0.25) is 15.9 Å². The molecule has 1 unspecified atom stereocenters. The summed E-state index contributed by atoms with van der Waals surface area (Å²) in [5, 5.41) is 13.9. The fourth-order valence-electron chi connectivity index (χ4n) is 1.73. The molecule has 18 heavy (non-hydrogen) atoms. The summed E-state index contributed by atoms with van der Waals surface area (Å²) in [7, 11) is -3.80. The number of amides is 1. The Labute approximate surface area is 108 Å². The summed E-state index contributed by atoms with van der Waals surface area (Å²) < 4.78 is 22.4. The number of hydrogen-bond acceptors (Lipinski definition) is 5. The summed E-state index contributed by atoms with van der Waals surface area (Å²) in [6.07, 6.45) is 1.04. The molecule has 2 rings (SSSR count). The molecule has 98 valence electrons. The molecule has 1 fully saturated rings. The van der Waals surface area contributed by atoms with E-state index < -0.39 is 21.2 Å².